The molecule has 0 amide bonds. The molecule has 0 radical (unpaired) electrons. The van der Waals surface area contributed by atoms with E-state index in [-0.39, 0.29) is 22.4 Å². The molecule has 3 aliphatic rings. The van der Waals surface area contributed by atoms with Gasteiger partial charge in [0, 0.05) is 41.3 Å². The number of ketones is 2. The van der Waals surface area contributed by atoms with Crippen LogP contribution < -0.4 is 14.8 Å². The maximum absolute atomic E-state index is 13.6. The molecule has 0 fully saturated rings. The Balaban J connectivity index is 1.59. The Morgan fingerprint density at radius 2 is 1.38 bits per heavy atom. The van der Waals surface area contributed by atoms with Crippen molar-refractivity contribution in [3.8, 4) is 11.5 Å². The zero-order valence-corrected chi connectivity index (χ0v) is 24.8. The molecule has 1 aliphatic heterocycles. The zero-order chi connectivity index (χ0) is 28.3. The topological polar surface area (TPSA) is 64.6 Å². The minimum atomic E-state index is -0.483. The van der Waals surface area contributed by atoms with Gasteiger partial charge in [0.05, 0.1) is 12.1 Å². The summed E-state index contributed by atoms with van der Waals surface area (Å²) in [4.78, 5) is 27.3. The summed E-state index contributed by atoms with van der Waals surface area (Å²) in [5.41, 5.74) is 7.07. The molecule has 5 rings (SSSR count). The Morgan fingerprint density at radius 3 is 1.90 bits per heavy atom. The molecule has 6 heteroatoms. The van der Waals surface area contributed by atoms with Gasteiger partial charge in [-0.1, -0.05) is 68.6 Å². The summed E-state index contributed by atoms with van der Waals surface area (Å²) in [6.45, 7) is 12.9. The van der Waals surface area contributed by atoms with Crippen LogP contribution in [-0.4, -0.2) is 18.7 Å². The van der Waals surface area contributed by atoms with E-state index >= 15 is 0 Å². The Hall–Kier alpha value is -3.05. The van der Waals surface area contributed by atoms with E-state index in [1.165, 1.54) is 11.1 Å². The van der Waals surface area contributed by atoms with Gasteiger partial charge in [0.25, 0.3) is 0 Å². The number of benzene rings is 2. The Bertz CT molecular complexity index is 1370. The predicted molar refractivity (Wildman–Crippen MR) is 154 cm³/mol. The van der Waals surface area contributed by atoms with Crippen molar-refractivity contribution < 1.29 is 19.1 Å². The van der Waals surface area contributed by atoms with Gasteiger partial charge in [-0.3, -0.25) is 9.59 Å². The van der Waals surface area contributed by atoms with Crippen LogP contribution in [0.2, 0.25) is 5.02 Å². The summed E-state index contributed by atoms with van der Waals surface area (Å²) in [6, 6.07) is 10.0. The number of ether oxygens (including phenoxy) is 2. The number of halogens is 1. The van der Waals surface area contributed by atoms with Gasteiger partial charge < -0.3 is 14.8 Å². The van der Waals surface area contributed by atoms with Gasteiger partial charge in [0.1, 0.15) is 6.61 Å². The molecule has 1 heterocycles. The van der Waals surface area contributed by atoms with E-state index in [1.54, 1.807) is 7.11 Å². The van der Waals surface area contributed by atoms with Crippen LogP contribution in [0.3, 0.4) is 0 Å². The molecule has 2 aromatic carbocycles. The molecule has 0 atom stereocenters. The molecule has 0 spiro atoms. The zero-order valence-electron chi connectivity index (χ0n) is 24.0. The first-order valence-corrected chi connectivity index (χ1v) is 14.0. The fraction of sp³-hybridized carbons (Fsp3) is 0.455. The molecule has 0 saturated heterocycles. The molecule has 1 N–H and O–H groups in total. The highest BCUT2D eigenvalue weighted by Crippen LogP contribution is 2.52. The second-order valence-electron chi connectivity index (χ2n) is 13.0. The average Bonchev–Trinajstić information content (AvgIpc) is 2.79. The molecule has 206 valence electrons. The van der Waals surface area contributed by atoms with Crippen molar-refractivity contribution in [2.24, 2.45) is 10.8 Å². The SMILES string of the molecule is COc1cc(C2C3=C(CC(C)(C)CC3=O)NC3=C2C(=O)CC(C)(C)C3)cc(Cl)c1OCc1cc(C)cc(C)c1. The van der Waals surface area contributed by atoms with Crippen LogP contribution in [0.4, 0.5) is 0 Å². The predicted octanol–water partition coefficient (Wildman–Crippen LogP) is 7.52. The number of carbonyl (C=O) groups is 2. The van der Waals surface area contributed by atoms with Crippen molar-refractivity contribution >= 4 is 23.2 Å². The first-order valence-electron chi connectivity index (χ1n) is 13.6. The fourth-order valence-corrected chi connectivity index (χ4v) is 6.85. The Morgan fingerprint density at radius 1 is 0.846 bits per heavy atom. The van der Waals surface area contributed by atoms with Gasteiger partial charge in [0.15, 0.2) is 23.1 Å². The number of hydrogen-bond acceptors (Lipinski definition) is 5. The standard InChI is InChI=1S/C33H38ClNO4/c1-18-8-19(2)10-20(9-18)17-39-31-22(34)11-21(12-27(31)38-7)28-29-23(13-32(3,4)15-25(29)36)35-24-14-33(5,6)16-26(37)30(24)28/h8-12,28,35H,13-17H2,1-7H3. The highest BCUT2D eigenvalue weighted by molar-refractivity contribution is 6.32. The number of carbonyl (C=O) groups excluding carboxylic acids is 2. The van der Waals surface area contributed by atoms with Crippen molar-refractivity contribution in [1.82, 2.24) is 5.32 Å². The van der Waals surface area contributed by atoms with Crippen molar-refractivity contribution in [3.63, 3.8) is 0 Å². The minimum absolute atomic E-state index is 0.0770. The molecular weight excluding hydrogens is 510 g/mol. The Kier molecular flexibility index (Phi) is 6.95. The van der Waals surface area contributed by atoms with Crippen LogP contribution in [0.5, 0.6) is 11.5 Å². The van der Waals surface area contributed by atoms with E-state index < -0.39 is 5.92 Å². The van der Waals surface area contributed by atoms with Gasteiger partial charge in [-0.2, -0.15) is 0 Å². The third-order valence-electron chi connectivity index (χ3n) is 7.97. The smallest absolute Gasteiger partial charge is 0.180 e. The van der Waals surface area contributed by atoms with E-state index in [9.17, 15) is 9.59 Å². The third kappa shape index (κ3) is 5.38. The van der Waals surface area contributed by atoms with Crippen LogP contribution in [0, 0.1) is 24.7 Å². The first-order chi connectivity index (χ1) is 18.3. The minimum Gasteiger partial charge on any atom is -0.493 e. The van der Waals surface area contributed by atoms with Gasteiger partial charge in [0.2, 0.25) is 0 Å². The van der Waals surface area contributed by atoms with Crippen LogP contribution >= 0.6 is 11.6 Å². The number of rotatable bonds is 5. The van der Waals surface area contributed by atoms with E-state index in [1.807, 2.05) is 12.1 Å². The lowest BCUT2D eigenvalue weighted by Gasteiger charge is -2.44. The summed E-state index contributed by atoms with van der Waals surface area (Å²) in [7, 11) is 1.58. The van der Waals surface area contributed by atoms with Crippen molar-refractivity contribution in [2.75, 3.05) is 7.11 Å². The van der Waals surface area contributed by atoms with Crippen molar-refractivity contribution in [3.05, 3.63) is 80.1 Å². The maximum atomic E-state index is 13.6. The lowest BCUT2D eigenvalue weighted by Crippen LogP contribution is -2.42. The fourth-order valence-electron chi connectivity index (χ4n) is 6.58. The molecule has 0 bridgehead atoms. The lowest BCUT2D eigenvalue weighted by molar-refractivity contribution is -0.119. The van der Waals surface area contributed by atoms with E-state index in [0.717, 1.165) is 35.4 Å². The highest BCUT2D eigenvalue weighted by atomic mass is 35.5. The Labute approximate surface area is 236 Å². The number of methoxy groups -OCH3 is 1. The highest BCUT2D eigenvalue weighted by Gasteiger charge is 2.46. The summed E-state index contributed by atoms with van der Waals surface area (Å²) in [5.74, 6) is 0.605. The summed E-state index contributed by atoms with van der Waals surface area (Å²) < 4.78 is 11.9. The largest absolute Gasteiger partial charge is 0.493 e. The van der Waals surface area contributed by atoms with Crippen LogP contribution in [0.15, 0.2) is 52.9 Å². The van der Waals surface area contributed by atoms with E-state index in [2.05, 4.69) is 65.1 Å². The number of allylic oxidation sites excluding steroid dienone is 4. The van der Waals surface area contributed by atoms with Crippen molar-refractivity contribution in [1.29, 1.82) is 0 Å². The number of aryl methyl sites for hydroxylation is 2. The van der Waals surface area contributed by atoms with Crippen molar-refractivity contribution in [2.45, 2.75) is 79.8 Å². The second-order valence-corrected chi connectivity index (χ2v) is 13.5. The maximum Gasteiger partial charge on any atom is 0.180 e. The summed E-state index contributed by atoms with van der Waals surface area (Å²) in [5, 5.41) is 3.95. The summed E-state index contributed by atoms with van der Waals surface area (Å²) >= 11 is 6.85. The molecule has 2 aromatic rings. The molecule has 0 saturated carbocycles. The number of hydrogen-bond donors (Lipinski definition) is 1. The molecule has 0 unspecified atom stereocenters. The number of Topliss-reactive ketones (excluding diaryl/α,β-unsaturated/α-hetero) is 2. The van der Waals surface area contributed by atoms with E-state index in [0.29, 0.717) is 47.1 Å². The normalized spacial score (nSPS) is 20.4. The molecule has 5 nitrogen and oxygen atoms in total. The van der Waals surface area contributed by atoms with Crippen LogP contribution in [-0.2, 0) is 16.2 Å². The number of dihydropyridines is 1. The summed E-state index contributed by atoms with van der Waals surface area (Å²) in [6.07, 6.45) is 2.37. The molecule has 2 aliphatic carbocycles. The third-order valence-corrected chi connectivity index (χ3v) is 8.25. The van der Waals surface area contributed by atoms with Gasteiger partial charge in [-0.15, -0.1) is 0 Å². The van der Waals surface area contributed by atoms with Gasteiger partial charge in [-0.05, 0) is 60.8 Å². The second kappa shape index (κ2) is 9.85. The lowest BCUT2D eigenvalue weighted by atomic mass is 9.64. The molecular formula is C33H38ClNO4. The number of nitrogens with one attached hydrogen (secondary N) is 1. The molecule has 39 heavy (non-hydrogen) atoms. The van der Waals surface area contributed by atoms with Crippen LogP contribution in [0.25, 0.3) is 0 Å². The van der Waals surface area contributed by atoms with Gasteiger partial charge >= 0.3 is 0 Å². The molecule has 0 aromatic heterocycles. The first kappa shape index (κ1) is 27.5. The van der Waals surface area contributed by atoms with E-state index in [4.69, 9.17) is 21.1 Å². The quantitative estimate of drug-likeness (QED) is 0.419. The van der Waals surface area contributed by atoms with Gasteiger partial charge in [-0.25, -0.2) is 0 Å². The average molecular weight is 548 g/mol. The monoisotopic (exact) mass is 547 g/mol. The van der Waals surface area contributed by atoms with Crippen LogP contribution in [0.1, 0.15) is 81.5 Å².